The minimum Gasteiger partial charge on any atom is -0.496 e. The molecule has 0 aliphatic carbocycles. The maximum Gasteiger partial charge on any atom is 0.123 e. The highest BCUT2D eigenvalue weighted by Gasteiger charge is 1.99. The van der Waals surface area contributed by atoms with E-state index < -0.39 is 0 Å². The molecule has 2 aromatic carbocycles. The van der Waals surface area contributed by atoms with Gasteiger partial charge in [0.2, 0.25) is 0 Å². The van der Waals surface area contributed by atoms with Gasteiger partial charge in [0.1, 0.15) is 5.75 Å². The Kier molecular flexibility index (Phi) is 5.21. The van der Waals surface area contributed by atoms with E-state index in [2.05, 4.69) is 27.6 Å². The normalized spacial score (nSPS) is 10.6. The van der Waals surface area contributed by atoms with E-state index in [1.165, 1.54) is 5.69 Å². The summed E-state index contributed by atoms with van der Waals surface area (Å²) in [6.07, 6.45) is 1.81. The predicted molar refractivity (Wildman–Crippen MR) is 88.2 cm³/mol. The number of hydrazone groups is 1. The lowest BCUT2D eigenvalue weighted by Crippen LogP contribution is -2.08. The van der Waals surface area contributed by atoms with Gasteiger partial charge in [-0.25, -0.2) is 0 Å². The van der Waals surface area contributed by atoms with Gasteiger partial charge in [0.05, 0.1) is 19.9 Å². The van der Waals surface area contributed by atoms with Crippen LogP contribution in [0.5, 0.6) is 5.75 Å². The average Bonchev–Trinajstić information content (AvgIpc) is 2.52. The van der Waals surface area contributed by atoms with E-state index in [0.29, 0.717) is 6.54 Å². The Hall–Kier alpha value is -2.49. The first-order valence-electron chi connectivity index (χ1n) is 6.86. The molecule has 21 heavy (non-hydrogen) atoms. The van der Waals surface area contributed by atoms with Crippen molar-refractivity contribution in [2.24, 2.45) is 5.10 Å². The molecule has 0 saturated carbocycles. The average molecular weight is 283 g/mol. The number of hydrogen-bond donors (Lipinski definition) is 1. The molecule has 1 N–H and O–H groups in total. The molecule has 0 amide bonds. The first kappa shape index (κ1) is 14.9. The third-order valence-electron chi connectivity index (χ3n) is 3.18. The Labute approximate surface area is 126 Å². The van der Waals surface area contributed by atoms with Gasteiger partial charge >= 0.3 is 0 Å². The van der Waals surface area contributed by atoms with Gasteiger partial charge in [0.25, 0.3) is 0 Å². The Balaban J connectivity index is 1.90. The highest BCUT2D eigenvalue weighted by Crippen LogP contribution is 2.16. The molecule has 2 rings (SSSR count). The summed E-state index contributed by atoms with van der Waals surface area (Å²) in [6.45, 7) is 0.635. The molecule has 0 heterocycles. The van der Waals surface area contributed by atoms with Crippen LogP contribution in [0.4, 0.5) is 5.69 Å². The number of nitrogens with zero attached hydrogens (tertiary/aromatic N) is 2. The lowest BCUT2D eigenvalue weighted by atomic mass is 10.2. The standard InChI is InChI=1S/C17H21N3O/c1-20(2)16-10-8-14(9-11-16)12-18-19-13-15-6-4-5-7-17(15)21-3/h4-12,19H,13H2,1-3H3/b18-12+. The van der Waals surface area contributed by atoms with Gasteiger partial charge in [-0.15, -0.1) is 0 Å². The Bertz CT molecular complexity index is 591. The van der Waals surface area contributed by atoms with E-state index in [1.54, 1.807) is 7.11 Å². The fourth-order valence-electron chi connectivity index (χ4n) is 1.96. The summed E-state index contributed by atoms with van der Waals surface area (Å²) in [6, 6.07) is 16.1. The summed E-state index contributed by atoms with van der Waals surface area (Å²) < 4.78 is 5.30. The predicted octanol–water partition coefficient (Wildman–Crippen LogP) is 2.88. The van der Waals surface area contributed by atoms with Crippen molar-refractivity contribution in [2.75, 3.05) is 26.1 Å². The zero-order chi connectivity index (χ0) is 15.1. The van der Waals surface area contributed by atoms with Crippen LogP contribution < -0.4 is 15.1 Å². The monoisotopic (exact) mass is 283 g/mol. The molecule has 2 aromatic rings. The molecule has 4 heteroatoms. The van der Waals surface area contributed by atoms with Gasteiger partial charge in [0.15, 0.2) is 0 Å². The second-order valence-electron chi connectivity index (χ2n) is 4.89. The maximum absolute atomic E-state index is 5.30. The molecule has 0 aromatic heterocycles. The van der Waals surface area contributed by atoms with Crippen LogP contribution in [0.2, 0.25) is 0 Å². The lowest BCUT2D eigenvalue weighted by molar-refractivity contribution is 0.408. The number of benzene rings is 2. The van der Waals surface area contributed by atoms with Crippen LogP contribution in [0.3, 0.4) is 0 Å². The van der Waals surface area contributed by atoms with Crippen molar-refractivity contribution in [3.05, 3.63) is 59.7 Å². The fraction of sp³-hybridized carbons (Fsp3) is 0.235. The number of ether oxygens (including phenoxy) is 1. The number of para-hydroxylation sites is 1. The zero-order valence-corrected chi connectivity index (χ0v) is 12.7. The molecule has 0 bridgehead atoms. The number of hydrogen-bond acceptors (Lipinski definition) is 4. The Morgan fingerprint density at radius 1 is 1.10 bits per heavy atom. The zero-order valence-electron chi connectivity index (χ0n) is 12.7. The summed E-state index contributed by atoms with van der Waals surface area (Å²) in [5, 5.41) is 4.24. The Morgan fingerprint density at radius 2 is 1.81 bits per heavy atom. The molecule has 0 aliphatic rings. The first-order chi connectivity index (χ1) is 10.2. The van der Waals surface area contributed by atoms with E-state index in [9.17, 15) is 0 Å². The quantitative estimate of drug-likeness (QED) is 0.654. The van der Waals surface area contributed by atoms with E-state index in [-0.39, 0.29) is 0 Å². The van der Waals surface area contributed by atoms with Crippen LogP contribution in [-0.4, -0.2) is 27.4 Å². The van der Waals surface area contributed by atoms with Crippen LogP contribution in [0, 0.1) is 0 Å². The summed E-state index contributed by atoms with van der Waals surface area (Å²) in [7, 11) is 5.73. The second kappa shape index (κ2) is 7.33. The summed E-state index contributed by atoms with van der Waals surface area (Å²) in [5.74, 6) is 0.871. The second-order valence-corrected chi connectivity index (χ2v) is 4.89. The minimum atomic E-state index is 0.635. The van der Waals surface area contributed by atoms with E-state index in [0.717, 1.165) is 16.9 Å². The molecule has 0 spiro atoms. The van der Waals surface area contributed by atoms with Gasteiger partial charge in [-0.1, -0.05) is 30.3 Å². The van der Waals surface area contributed by atoms with Gasteiger partial charge in [-0.2, -0.15) is 5.10 Å². The lowest BCUT2D eigenvalue weighted by Gasteiger charge is -2.11. The van der Waals surface area contributed by atoms with Crippen molar-refractivity contribution >= 4 is 11.9 Å². The van der Waals surface area contributed by atoms with Crippen LogP contribution in [0.1, 0.15) is 11.1 Å². The van der Waals surface area contributed by atoms with Gasteiger partial charge in [-0.05, 0) is 23.8 Å². The van der Waals surface area contributed by atoms with Crippen LogP contribution >= 0.6 is 0 Å². The number of anilines is 1. The molecule has 4 nitrogen and oxygen atoms in total. The van der Waals surface area contributed by atoms with Crippen LogP contribution in [0.25, 0.3) is 0 Å². The summed E-state index contributed by atoms with van der Waals surface area (Å²) in [4.78, 5) is 2.07. The molecule has 110 valence electrons. The SMILES string of the molecule is COc1ccccc1CN/N=C/c1ccc(N(C)C)cc1. The van der Waals surface area contributed by atoms with Crippen molar-refractivity contribution < 1.29 is 4.74 Å². The molecule has 0 unspecified atom stereocenters. The third kappa shape index (κ3) is 4.24. The van der Waals surface area contributed by atoms with E-state index in [4.69, 9.17) is 4.74 Å². The topological polar surface area (TPSA) is 36.9 Å². The smallest absolute Gasteiger partial charge is 0.123 e. The third-order valence-corrected chi connectivity index (χ3v) is 3.18. The highest BCUT2D eigenvalue weighted by atomic mass is 16.5. The van der Waals surface area contributed by atoms with Crippen LogP contribution in [-0.2, 0) is 6.54 Å². The van der Waals surface area contributed by atoms with E-state index in [1.807, 2.05) is 56.7 Å². The largest absolute Gasteiger partial charge is 0.496 e. The first-order valence-corrected chi connectivity index (χ1v) is 6.86. The molecular weight excluding hydrogens is 262 g/mol. The summed E-state index contributed by atoms with van der Waals surface area (Å²) in [5.41, 5.74) is 6.36. The molecule has 0 atom stereocenters. The van der Waals surface area contributed by atoms with Crippen molar-refractivity contribution in [1.29, 1.82) is 0 Å². The minimum absolute atomic E-state index is 0.635. The van der Waals surface area contributed by atoms with Crippen molar-refractivity contribution in [1.82, 2.24) is 5.43 Å². The van der Waals surface area contributed by atoms with Crippen molar-refractivity contribution in [3.63, 3.8) is 0 Å². The highest BCUT2D eigenvalue weighted by molar-refractivity contribution is 5.80. The van der Waals surface area contributed by atoms with E-state index >= 15 is 0 Å². The molecule has 0 radical (unpaired) electrons. The molecular formula is C17H21N3O. The van der Waals surface area contributed by atoms with Gasteiger partial charge in [0, 0.05) is 25.3 Å². The van der Waals surface area contributed by atoms with Crippen LogP contribution in [0.15, 0.2) is 53.6 Å². The number of methoxy groups -OCH3 is 1. The van der Waals surface area contributed by atoms with Gasteiger partial charge < -0.3 is 15.1 Å². The Morgan fingerprint density at radius 3 is 2.48 bits per heavy atom. The fourth-order valence-corrected chi connectivity index (χ4v) is 1.96. The van der Waals surface area contributed by atoms with Crippen molar-refractivity contribution in [2.45, 2.75) is 6.54 Å². The maximum atomic E-state index is 5.30. The summed E-state index contributed by atoms with van der Waals surface area (Å²) >= 11 is 0. The number of rotatable bonds is 6. The van der Waals surface area contributed by atoms with Crippen molar-refractivity contribution in [3.8, 4) is 5.75 Å². The van der Waals surface area contributed by atoms with Gasteiger partial charge in [-0.3, -0.25) is 0 Å². The number of nitrogens with one attached hydrogen (secondary N) is 1. The molecule has 0 saturated heterocycles. The molecule has 0 aliphatic heterocycles. The molecule has 0 fully saturated rings.